The minimum Gasteiger partial charge on any atom is -0.388 e. The van der Waals surface area contributed by atoms with Crippen molar-refractivity contribution >= 4 is 5.91 Å². The third-order valence-corrected chi connectivity index (χ3v) is 2.60. The van der Waals surface area contributed by atoms with Crippen LogP contribution < -0.4 is 0 Å². The fraction of sp³-hybridized carbons (Fsp3) is 0.909. The van der Waals surface area contributed by atoms with Gasteiger partial charge in [0, 0.05) is 19.7 Å². The summed E-state index contributed by atoms with van der Waals surface area (Å²) in [5.41, 5.74) is -0.724. The number of hydrogen-bond acceptors (Lipinski definition) is 3. The summed E-state index contributed by atoms with van der Waals surface area (Å²) in [4.78, 5) is 13.3. The maximum absolute atomic E-state index is 11.7. The molecule has 1 atom stereocenters. The van der Waals surface area contributed by atoms with Gasteiger partial charge in [-0.2, -0.15) is 0 Å². The van der Waals surface area contributed by atoms with Crippen LogP contribution in [0.1, 0.15) is 33.1 Å². The van der Waals surface area contributed by atoms with Gasteiger partial charge in [-0.05, 0) is 26.2 Å². The van der Waals surface area contributed by atoms with Gasteiger partial charge >= 0.3 is 0 Å². The lowest BCUT2D eigenvalue weighted by molar-refractivity contribution is -0.142. The zero-order chi connectivity index (χ0) is 11.3. The summed E-state index contributed by atoms with van der Waals surface area (Å²) in [5, 5.41) is 9.83. The van der Waals surface area contributed by atoms with Gasteiger partial charge < -0.3 is 14.7 Å². The summed E-state index contributed by atoms with van der Waals surface area (Å²) in [6.45, 7) is 5.72. The molecule has 1 heterocycles. The lowest BCUT2D eigenvalue weighted by Gasteiger charge is -2.36. The maximum atomic E-state index is 11.7. The number of piperidine rings is 1. The summed E-state index contributed by atoms with van der Waals surface area (Å²) in [7, 11) is 0. The van der Waals surface area contributed by atoms with Crippen LogP contribution in [0.25, 0.3) is 0 Å². The van der Waals surface area contributed by atoms with Gasteiger partial charge in [0.05, 0.1) is 5.60 Å². The van der Waals surface area contributed by atoms with E-state index in [-0.39, 0.29) is 12.5 Å². The number of rotatable bonds is 4. The number of amides is 1. The summed E-state index contributed by atoms with van der Waals surface area (Å²) >= 11 is 0. The van der Waals surface area contributed by atoms with Gasteiger partial charge in [0.15, 0.2) is 0 Å². The summed E-state index contributed by atoms with van der Waals surface area (Å²) in [6, 6.07) is 0. The van der Waals surface area contributed by atoms with Crippen molar-refractivity contribution in [2.75, 3.05) is 26.3 Å². The lowest BCUT2D eigenvalue weighted by atomic mass is 9.95. The molecule has 0 aromatic carbocycles. The zero-order valence-electron chi connectivity index (χ0n) is 9.66. The number of likely N-dealkylation sites (tertiary alicyclic amines) is 1. The molecule has 0 aromatic heterocycles. The standard InChI is InChI=1S/C11H21NO3/c1-3-7-15-8-10(13)12-6-4-5-11(2,14)9-12/h14H,3-9H2,1-2H3. The fourth-order valence-corrected chi connectivity index (χ4v) is 1.83. The molecule has 1 aliphatic rings. The molecule has 88 valence electrons. The van der Waals surface area contributed by atoms with Gasteiger partial charge in [-0.3, -0.25) is 4.79 Å². The van der Waals surface area contributed by atoms with E-state index < -0.39 is 5.60 Å². The summed E-state index contributed by atoms with van der Waals surface area (Å²) in [5.74, 6) is -0.0107. The second-order valence-electron chi connectivity index (χ2n) is 4.47. The SMILES string of the molecule is CCCOCC(=O)N1CCCC(C)(O)C1. The minimum atomic E-state index is -0.724. The first-order valence-electron chi connectivity index (χ1n) is 5.63. The normalized spacial score (nSPS) is 26.7. The molecule has 4 nitrogen and oxygen atoms in total. The van der Waals surface area contributed by atoms with Crippen molar-refractivity contribution in [3.63, 3.8) is 0 Å². The van der Waals surface area contributed by atoms with E-state index in [9.17, 15) is 9.90 Å². The molecule has 1 rings (SSSR count). The van der Waals surface area contributed by atoms with Crippen LogP contribution in [0.5, 0.6) is 0 Å². The first kappa shape index (κ1) is 12.5. The van der Waals surface area contributed by atoms with E-state index in [0.29, 0.717) is 13.2 Å². The average molecular weight is 215 g/mol. The Hall–Kier alpha value is -0.610. The first-order chi connectivity index (χ1) is 7.05. The van der Waals surface area contributed by atoms with Crippen molar-refractivity contribution in [2.45, 2.75) is 38.7 Å². The highest BCUT2D eigenvalue weighted by Gasteiger charge is 2.30. The minimum absolute atomic E-state index is 0.0107. The number of nitrogens with zero attached hydrogens (tertiary/aromatic N) is 1. The molecule has 0 aliphatic carbocycles. The van der Waals surface area contributed by atoms with Crippen LogP contribution in [-0.2, 0) is 9.53 Å². The molecular weight excluding hydrogens is 194 g/mol. The second-order valence-corrected chi connectivity index (χ2v) is 4.47. The molecule has 0 bridgehead atoms. The molecular formula is C11H21NO3. The van der Waals surface area contributed by atoms with Crippen LogP contribution in [0.15, 0.2) is 0 Å². The van der Waals surface area contributed by atoms with Crippen molar-refractivity contribution in [2.24, 2.45) is 0 Å². The average Bonchev–Trinajstić information content (AvgIpc) is 2.16. The molecule has 1 saturated heterocycles. The Morgan fingerprint density at radius 2 is 2.33 bits per heavy atom. The van der Waals surface area contributed by atoms with Crippen LogP contribution in [0.3, 0.4) is 0 Å². The van der Waals surface area contributed by atoms with Crippen molar-refractivity contribution < 1.29 is 14.6 Å². The first-order valence-corrected chi connectivity index (χ1v) is 5.63. The van der Waals surface area contributed by atoms with Gasteiger partial charge in [0.25, 0.3) is 0 Å². The molecule has 0 spiro atoms. The largest absolute Gasteiger partial charge is 0.388 e. The molecule has 0 aromatic rings. The van der Waals surface area contributed by atoms with Crippen LogP contribution in [0.4, 0.5) is 0 Å². The predicted octanol–water partition coefficient (Wildman–Crippen LogP) is 0.786. The monoisotopic (exact) mass is 215 g/mol. The van der Waals surface area contributed by atoms with E-state index in [4.69, 9.17) is 4.74 Å². The molecule has 1 unspecified atom stereocenters. The Kier molecular flexibility index (Phi) is 4.54. The Bertz CT molecular complexity index is 216. The highest BCUT2D eigenvalue weighted by atomic mass is 16.5. The Balaban J connectivity index is 2.32. The van der Waals surface area contributed by atoms with E-state index in [1.54, 1.807) is 11.8 Å². The quantitative estimate of drug-likeness (QED) is 0.705. The van der Waals surface area contributed by atoms with Crippen molar-refractivity contribution in [3.8, 4) is 0 Å². The fourth-order valence-electron chi connectivity index (χ4n) is 1.83. The van der Waals surface area contributed by atoms with Crippen molar-refractivity contribution in [1.29, 1.82) is 0 Å². The second kappa shape index (κ2) is 5.47. The molecule has 1 fully saturated rings. The van der Waals surface area contributed by atoms with E-state index in [1.807, 2.05) is 6.92 Å². The number of carbonyl (C=O) groups excluding carboxylic acids is 1. The Morgan fingerprint density at radius 3 is 2.93 bits per heavy atom. The highest BCUT2D eigenvalue weighted by molar-refractivity contribution is 5.77. The van der Waals surface area contributed by atoms with Crippen LogP contribution in [0.2, 0.25) is 0 Å². The van der Waals surface area contributed by atoms with Gasteiger partial charge in [-0.15, -0.1) is 0 Å². The third kappa shape index (κ3) is 4.18. The Labute approximate surface area is 91.2 Å². The van der Waals surface area contributed by atoms with E-state index in [0.717, 1.165) is 25.8 Å². The molecule has 1 aliphatic heterocycles. The number of β-amino-alcohol motifs (C(OH)–C–C–N with tert-alkyl or cyclic N) is 1. The van der Waals surface area contributed by atoms with Crippen molar-refractivity contribution in [3.05, 3.63) is 0 Å². The molecule has 4 heteroatoms. The van der Waals surface area contributed by atoms with Gasteiger partial charge in [-0.1, -0.05) is 6.92 Å². The summed E-state index contributed by atoms with van der Waals surface area (Å²) < 4.78 is 5.19. The number of hydrogen-bond donors (Lipinski definition) is 1. The Morgan fingerprint density at radius 1 is 1.60 bits per heavy atom. The number of carbonyl (C=O) groups is 1. The van der Waals surface area contributed by atoms with E-state index in [2.05, 4.69) is 0 Å². The molecule has 1 N–H and O–H groups in total. The topological polar surface area (TPSA) is 49.8 Å². The number of ether oxygens (including phenoxy) is 1. The third-order valence-electron chi connectivity index (χ3n) is 2.60. The molecule has 1 amide bonds. The van der Waals surface area contributed by atoms with E-state index >= 15 is 0 Å². The zero-order valence-corrected chi connectivity index (χ0v) is 9.66. The maximum Gasteiger partial charge on any atom is 0.248 e. The lowest BCUT2D eigenvalue weighted by Crippen LogP contribution is -2.49. The van der Waals surface area contributed by atoms with Gasteiger partial charge in [0.1, 0.15) is 6.61 Å². The molecule has 0 saturated carbocycles. The number of aliphatic hydroxyl groups is 1. The smallest absolute Gasteiger partial charge is 0.248 e. The van der Waals surface area contributed by atoms with E-state index in [1.165, 1.54) is 0 Å². The molecule has 0 radical (unpaired) electrons. The predicted molar refractivity (Wildman–Crippen MR) is 57.5 cm³/mol. The van der Waals surface area contributed by atoms with Gasteiger partial charge in [-0.25, -0.2) is 0 Å². The highest BCUT2D eigenvalue weighted by Crippen LogP contribution is 2.20. The van der Waals surface area contributed by atoms with Crippen LogP contribution in [0, 0.1) is 0 Å². The molecule has 15 heavy (non-hydrogen) atoms. The van der Waals surface area contributed by atoms with Crippen LogP contribution in [-0.4, -0.2) is 47.8 Å². The van der Waals surface area contributed by atoms with Gasteiger partial charge in [0.2, 0.25) is 5.91 Å². The van der Waals surface area contributed by atoms with Crippen LogP contribution >= 0.6 is 0 Å². The summed E-state index contributed by atoms with van der Waals surface area (Å²) in [6.07, 6.45) is 2.56. The van der Waals surface area contributed by atoms with Crippen molar-refractivity contribution in [1.82, 2.24) is 4.90 Å².